The molecule has 1 fully saturated rings. The van der Waals surface area contributed by atoms with Gasteiger partial charge in [0.2, 0.25) is 5.88 Å². The normalized spacial score (nSPS) is 17.7. The van der Waals surface area contributed by atoms with Crippen LogP contribution in [0.4, 0.5) is 5.69 Å². The molecule has 8 nitrogen and oxygen atoms in total. The SMILES string of the molecule is CCN(c1cc(Cl)cc(C(=O)NCc2c(OC)[nH]c3ncccc3c2=O)c1C)[C@H]1CC[C@H](N(C)C)CC1. The highest BCUT2D eigenvalue weighted by atomic mass is 35.5. The van der Waals surface area contributed by atoms with E-state index in [0.29, 0.717) is 39.3 Å². The molecule has 0 radical (unpaired) electrons. The zero-order chi connectivity index (χ0) is 26.7. The summed E-state index contributed by atoms with van der Waals surface area (Å²) in [5.74, 6) is -0.00755. The highest BCUT2D eigenvalue weighted by Gasteiger charge is 2.28. The number of nitrogens with zero attached hydrogens (tertiary/aromatic N) is 3. The zero-order valence-corrected chi connectivity index (χ0v) is 23.0. The van der Waals surface area contributed by atoms with E-state index in [1.807, 2.05) is 13.0 Å². The standard InChI is InChI=1S/C28H36ClN5O3/c1-6-34(20-11-9-19(10-12-20)33(3)4)24-15-18(29)14-22(17(24)2)27(36)31-16-23-25(35)21-8-7-13-30-26(21)32-28(23)37-5/h7-8,13-15,19-20H,6,9-12,16H2,1-5H3,(H,31,36)(H,30,32,35)/t19-,20-. The second-order valence-corrected chi connectivity index (χ2v) is 10.3. The summed E-state index contributed by atoms with van der Waals surface area (Å²) < 4.78 is 5.39. The van der Waals surface area contributed by atoms with Gasteiger partial charge in [-0.3, -0.25) is 9.59 Å². The van der Waals surface area contributed by atoms with Crippen molar-refractivity contribution in [2.24, 2.45) is 0 Å². The number of pyridine rings is 2. The second-order valence-electron chi connectivity index (χ2n) is 9.86. The molecule has 1 amide bonds. The molecule has 9 heteroatoms. The van der Waals surface area contributed by atoms with Gasteiger partial charge in [-0.05, 0) is 83.5 Å². The number of ether oxygens (including phenoxy) is 1. The van der Waals surface area contributed by atoms with Gasteiger partial charge >= 0.3 is 0 Å². The minimum Gasteiger partial charge on any atom is -0.482 e. The largest absolute Gasteiger partial charge is 0.482 e. The van der Waals surface area contributed by atoms with Crippen LogP contribution in [0.5, 0.6) is 5.88 Å². The Hall–Kier alpha value is -3.10. The van der Waals surface area contributed by atoms with Crippen molar-refractivity contribution in [3.05, 3.63) is 62.4 Å². The average molecular weight is 526 g/mol. The van der Waals surface area contributed by atoms with Gasteiger partial charge < -0.3 is 24.8 Å². The first-order valence-electron chi connectivity index (χ1n) is 12.8. The van der Waals surface area contributed by atoms with E-state index < -0.39 is 0 Å². The van der Waals surface area contributed by atoms with E-state index in [1.54, 1.807) is 24.4 Å². The van der Waals surface area contributed by atoms with E-state index in [1.165, 1.54) is 7.11 Å². The van der Waals surface area contributed by atoms with Crippen LogP contribution in [-0.4, -0.2) is 60.6 Å². The maximum Gasteiger partial charge on any atom is 0.251 e. The van der Waals surface area contributed by atoms with E-state index >= 15 is 0 Å². The van der Waals surface area contributed by atoms with Crippen molar-refractivity contribution in [2.75, 3.05) is 32.6 Å². The number of fused-ring (bicyclic) bond motifs is 1. The van der Waals surface area contributed by atoms with Crippen LogP contribution >= 0.6 is 11.6 Å². The minimum atomic E-state index is -0.290. The molecule has 0 saturated heterocycles. The predicted molar refractivity (Wildman–Crippen MR) is 149 cm³/mol. The van der Waals surface area contributed by atoms with Crippen molar-refractivity contribution >= 4 is 34.2 Å². The number of aromatic amines is 1. The smallest absolute Gasteiger partial charge is 0.251 e. The number of carbonyl (C=O) groups is 1. The van der Waals surface area contributed by atoms with E-state index in [0.717, 1.165) is 43.5 Å². The number of amides is 1. The van der Waals surface area contributed by atoms with Gasteiger partial charge in [-0.1, -0.05) is 11.6 Å². The summed E-state index contributed by atoms with van der Waals surface area (Å²) in [4.78, 5) is 38.4. The number of hydrogen-bond donors (Lipinski definition) is 2. The van der Waals surface area contributed by atoms with Crippen LogP contribution < -0.4 is 20.4 Å². The van der Waals surface area contributed by atoms with Gasteiger partial charge in [0.15, 0.2) is 5.43 Å². The lowest BCUT2D eigenvalue weighted by Gasteiger charge is -2.40. The zero-order valence-electron chi connectivity index (χ0n) is 22.2. The lowest BCUT2D eigenvalue weighted by molar-refractivity contribution is 0.0950. The first kappa shape index (κ1) is 26.9. The topological polar surface area (TPSA) is 90.6 Å². The third kappa shape index (κ3) is 5.60. The number of anilines is 1. The maximum atomic E-state index is 13.4. The van der Waals surface area contributed by atoms with E-state index in [2.05, 4.69) is 46.1 Å². The lowest BCUT2D eigenvalue weighted by Crippen LogP contribution is -2.42. The maximum absolute atomic E-state index is 13.4. The van der Waals surface area contributed by atoms with E-state index in [4.69, 9.17) is 16.3 Å². The van der Waals surface area contributed by atoms with Crippen molar-refractivity contribution in [3.8, 4) is 5.88 Å². The highest BCUT2D eigenvalue weighted by molar-refractivity contribution is 6.31. The molecule has 0 aliphatic heterocycles. The number of carbonyl (C=O) groups excluding carboxylic acids is 1. The fourth-order valence-electron chi connectivity index (χ4n) is 5.45. The Morgan fingerprint density at radius 3 is 2.57 bits per heavy atom. The Bertz CT molecular complexity index is 1330. The van der Waals surface area contributed by atoms with Crippen LogP contribution in [0, 0.1) is 6.92 Å². The molecule has 2 heterocycles. The number of nitrogens with one attached hydrogen (secondary N) is 2. The predicted octanol–water partition coefficient (Wildman–Crippen LogP) is 4.52. The van der Waals surface area contributed by atoms with Crippen molar-refractivity contribution in [2.45, 2.75) is 58.2 Å². The monoisotopic (exact) mass is 525 g/mol. The number of halogens is 1. The molecular formula is C28H36ClN5O3. The summed E-state index contributed by atoms with van der Waals surface area (Å²) >= 11 is 6.53. The Morgan fingerprint density at radius 1 is 1.22 bits per heavy atom. The Kier molecular flexibility index (Phi) is 8.39. The third-order valence-corrected chi connectivity index (χ3v) is 7.76. The summed E-state index contributed by atoms with van der Waals surface area (Å²) in [6.07, 6.45) is 6.11. The summed E-state index contributed by atoms with van der Waals surface area (Å²) in [6.45, 7) is 4.95. The number of methoxy groups -OCH3 is 1. The first-order chi connectivity index (χ1) is 17.7. The quantitative estimate of drug-likeness (QED) is 0.449. The Balaban J connectivity index is 1.58. The van der Waals surface area contributed by atoms with Crippen LogP contribution in [0.3, 0.4) is 0 Å². The number of rotatable bonds is 8. The number of aromatic nitrogens is 2. The minimum absolute atomic E-state index is 0.00943. The van der Waals surface area contributed by atoms with Gasteiger partial charge in [0.05, 0.1) is 24.6 Å². The molecule has 1 aliphatic carbocycles. The number of H-pyrrole nitrogens is 1. The Morgan fingerprint density at radius 2 is 1.92 bits per heavy atom. The molecule has 0 unspecified atom stereocenters. The molecule has 37 heavy (non-hydrogen) atoms. The van der Waals surface area contributed by atoms with Crippen LogP contribution in [0.1, 0.15) is 54.1 Å². The van der Waals surface area contributed by atoms with Gasteiger partial charge in [-0.2, -0.15) is 0 Å². The summed E-state index contributed by atoms with van der Waals surface area (Å²) in [6, 6.07) is 8.07. The van der Waals surface area contributed by atoms with E-state index in [9.17, 15) is 9.59 Å². The molecule has 198 valence electrons. The van der Waals surface area contributed by atoms with Crippen molar-refractivity contribution in [3.63, 3.8) is 0 Å². The van der Waals surface area contributed by atoms with Crippen molar-refractivity contribution in [1.29, 1.82) is 0 Å². The fraction of sp³-hybridized carbons (Fsp3) is 0.464. The van der Waals surface area contributed by atoms with Crippen molar-refractivity contribution < 1.29 is 9.53 Å². The number of benzene rings is 1. The molecule has 2 aromatic heterocycles. The molecule has 1 aliphatic rings. The van der Waals surface area contributed by atoms with Crippen LogP contribution in [0.25, 0.3) is 11.0 Å². The second kappa shape index (κ2) is 11.5. The van der Waals surface area contributed by atoms with Crippen LogP contribution in [0.15, 0.2) is 35.3 Å². The first-order valence-corrected chi connectivity index (χ1v) is 13.2. The van der Waals surface area contributed by atoms with E-state index in [-0.39, 0.29) is 23.8 Å². The highest BCUT2D eigenvalue weighted by Crippen LogP contribution is 2.34. The fourth-order valence-corrected chi connectivity index (χ4v) is 5.66. The van der Waals surface area contributed by atoms with Crippen LogP contribution in [0.2, 0.25) is 5.02 Å². The van der Waals surface area contributed by atoms with Gasteiger partial charge in [0.25, 0.3) is 5.91 Å². The summed E-state index contributed by atoms with van der Waals surface area (Å²) in [5.41, 5.74) is 2.91. The molecule has 0 spiro atoms. The molecule has 0 atom stereocenters. The van der Waals surface area contributed by atoms with Gasteiger partial charge in [0.1, 0.15) is 5.65 Å². The van der Waals surface area contributed by atoms with Gasteiger partial charge in [-0.25, -0.2) is 4.98 Å². The van der Waals surface area contributed by atoms with Crippen LogP contribution in [-0.2, 0) is 6.54 Å². The molecule has 1 saturated carbocycles. The van der Waals surface area contributed by atoms with Crippen molar-refractivity contribution in [1.82, 2.24) is 20.2 Å². The molecule has 1 aromatic carbocycles. The average Bonchev–Trinajstić information content (AvgIpc) is 2.90. The summed E-state index contributed by atoms with van der Waals surface area (Å²) in [5, 5.41) is 3.86. The van der Waals surface area contributed by atoms with Gasteiger partial charge in [0, 0.05) is 41.1 Å². The molecular weight excluding hydrogens is 490 g/mol. The molecule has 0 bridgehead atoms. The lowest BCUT2D eigenvalue weighted by atomic mass is 9.89. The third-order valence-electron chi connectivity index (χ3n) is 7.54. The number of hydrogen-bond acceptors (Lipinski definition) is 6. The molecule has 3 aromatic rings. The summed E-state index contributed by atoms with van der Waals surface area (Å²) in [7, 11) is 5.77. The molecule has 2 N–H and O–H groups in total. The molecule has 4 rings (SSSR count). The van der Waals surface area contributed by atoms with Gasteiger partial charge in [-0.15, -0.1) is 0 Å². The Labute approximate surface area is 223 Å².